The summed E-state index contributed by atoms with van der Waals surface area (Å²) < 4.78 is 13.6. The van der Waals surface area contributed by atoms with Gasteiger partial charge in [-0.25, -0.2) is 15.2 Å². The van der Waals surface area contributed by atoms with Crippen molar-refractivity contribution in [3.63, 3.8) is 0 Å². The van der Waals surface area contributed by atoms with Gasteiger partial charge in [0.05, 0.1) is 5.69 Å². The van der Waals surface area contributed by atoms with Crippen molar-refractivity contribution in [2.75, 3.05) is 0 Å². The van der Waals surface area contributed by atoms with Crippen molar-refractivity contribution in [1.29, 1.82) is 0 Å². The van der Waals surface area contributed by atoms with Crippen LogP contribution in [0.5, 0.6) is 0 Å². The molecule has 1 aliphatic carbocycles. The molecule has 2 aromatic rings. The van der Waals surface area contributed by atoms with Gasteiger partial charge in [0, 0.05) is 11.3 Å². The second-order valence-corrected chi connectivity index (χ2v) is 5.57. The Labute approximate surface area is 134 Å². The second-order valence-electron chi connectivity index (χ2n) is 5.57. The number of carbonyl (C=O) groups excluding carboxylic acids is 1. The molecule has 6 heteroatoms. The number of aromatic nitrogens is 1. The van der Waals surface area contributed by atoms with Gasteiger partial charge in [-0.15, -0.1) is 12.4 Å². The molecular formula is C16H19ClFN3O. The van der Waals surface area contributed by atoms with Crippen molar-refractivity contribution in [2.24, 2.45) is 5.84 Å². The number of pyridine rings is 1. The zero-order valence-electron chi connectivity index (χ0n) is 12.1. The first-order chi connectivity index (χ1) is 10.2. The van der Waals surface area contributed by atoms with Gasteiger partial charge < -0.3 is 0 Å². The molecule has 0 spiro atoms. The van der Waals surface area contributed by atoms with Crippen molar-refractivity contribution in [1.82, 2.24) is 10.4 Å². The predicted molar refractivity (Wildman–Crippen MR) is 86.4 cm³/mol. The topological polar surface area (TPSA) is 68.0 Å². The third-order valence-corrected chi connectivity index (χ3v) is 4.18. The van der Waals surface area contributed by atoms with Gasteiger partial charge in [0.15, 0.2) is 0 Å². The molecule has 4 nitrogen and oxygen atoms in total. The molecule has 3 rings (SSSR count). The summed E-state index contributed by atoms with van der Waals surface area (Å²) in [5.41, 5.74) is 3.23. The minimum atomic E-state index is -0.418. The summed E-state index contributed by atoms with van der Waals surface area (Å²) in [4.78, 5) is 16.3. The molecule has 1 aromatic carbocycles. The first-order valence-electron chi connectivity index (χ1n) is 7.30. The molecule has 1 fully saturated rings. The third kappa shape index (κ3) is 3.20. The van der Waals surface area contributed by atoms with Crippen LogP contribution < -0.4 is 11.3 Å². The van der Waals surface area contributed by atoms with Gasteiger partial charge in [0.2, 0.25) is 0 Å². The average Bonchev–Trinajstić information content (AvgIpc) is 2.54. The van der Waals surface area contributed by atoms with Gasteiger partial charge in [0.25, 0.3) is 5.91 Å². The van der Waals surface area contributed by atoms with E-state index in [1.807, 2.05) is 0 Å². The Kier molecular flexibility index (Phi) is 5.32. The molecule has 3 N–H and O–H groups in total. The fourth-order valence-corrected chi connectivity index (χ4v) is 3.12. The Bertz CT molecular complexity index is 686. The summed E-state index contributed by atoms with van der Waals surface area (Å²) in [5.74, 6) is 4.79. The fraction of sp³-hybridized carbons (Fsp3) is 0.375. The highest BCUT2D eigenvalue weighted by Crippen LogP contribution is 2.35. The molecule has 118 valence electrons. The van der Waals surface area contributed by atoms with Crippen LogP contribution in [0.15, 0.2) is 24.3 Å². The summed E-state index contributed by atoms with van der Waals surface area (Å²) in [6.07, 6.45) is 5.59. The van der Waals surface area contributed by atoms with E-state index in [1.54, 1.807) is 12.1 Å². The van der Waals surface area contributed by atoms with E-state index in [-0.39, 0.29) is 29.8 Å². The second kappa shape index (κ2) is 7.03. The van der Waals surface area contributed by atoms with Gasteiger partial charge in [-0.05, 0) is 36.4 Å². The van der Waals surface area contributed by atoms with E-state index >= 15 is 0 Å². The molecule has 1 amide bonds. The summed E-state index contributed by atoms with van der Waals surface area (Å²) in [6.45, 7) is 0. The Hall–Kier alpha value is -1.72. The van der Waals surface area contributed by atoms with E-state index in [0.717, 1.165) is 42.1 Å². The van der Waals surface area contributed by atoms with Gasteiger partial charge >= 0.3 is 0 Å². The van der Waals surface area contributed by atoms with Crippen LogP contribution in [0.1, 0.15) is 54.2 Å². The number of rotatable bonds is 2. The van der Waals surface area contributed by atoms with Crippen LogP contribution in [0, 0.1) is 5.82 Å². The smallest absolute Gasteiger partial charge is 0.283 e. The first kappa shape index (κ1) is 16.6. The van der Waals surface area contributed by atoms with Crippen LogP contribution in [0.2, 0.25) is 0 Å². The number of halogens is 2. The van der Waals surface area contributed by atoms with E-state index in [2.05, 4.69) is 10.4 Å². The minimum Gasteiger partial charge on any atom is -0.289 e. The quantitative estimate of drug-likeness (QED) is 0.505. The van der Waals surface area contributed by atoms with Crippen molar-refractivity contribution in [3.05, 3.63) is 41.5 Å². The van der Waals surface area contributed by atoms with Crippen LogP contribution >= 0.6 is 12.4 Å². The lowest BCUT2D eigenvalue weighted by Crippen LogP contribution is -2.31. The predicted octanol–water partition coefficient (Wildman–Crippen LogP) is 3.45. The molecule has 1 aromatic heterocycles. The van der Waals surface area contributed by atoms with E-state index in [4.69, 9.17) is 5.84 Å². The summed E-state index contributed by atoms with van der Waals surface area (Å²) >= 11 is 0. The normalized spacial score (nSPS) is 15.4. The monoisotopic (exact) mass is 323 g/mol. The molecule has 0 saturated heterocycles. The Morgan fingerprint density at radius 2 is 1.95 bits per heavy atom. The van der Waals surface area contributed by atoms with Crippen molar-refractivity contribution >= 4 is 29.1 Å². The largest absolute Gasteiger partial charge is 0.289 e. The van der Waals surface area contributed by atoms with Gasteiger partial charge in [-0.1, -0.05) is 25.3 Å². The van der Waals surface area contributed by atoms with E-state index < -0.39 is 5.91 Å². The van der Waals surface area contributed by atoms with E-state index in [0.29, 0.717) is 0 Å². The number of nitrogens with one attached hydrogen (secondary N) is 1. The summed E-state index contributed by atoms with van der Waals surface area (Å²) in [6, 6.07) is 6.25. The number of fused-ring (bicyclic) bond motifs is 1. The number of amides is 1. The molecule has 0 unspecified atom stereocenters. The average molecular weight is 324 g/mol. The third-order valence-electron chi connectivity index (χ3n) is 4.18. The molecule has 0 radical (unpaired) electrons. The Morgan fingerprint density at radius 1 is 1.23 bits per heavy atom. The molecule has 0 aliphatic heterocycles. The van der Waals surface area contributed by atoms with Gasteiger partial charge in [-0.3, -0.25) is 10.2 Å². The highest BCUT2D eigenvalue weighted by molar-refractivity contribution is 5.97. The first-order valence-corrected chi connectivity index (χ1v) is 7.30. The summed E-state index contributed by atoms with van der Waals surface area (Å²) in [7, 11) is 0. The molecule has 1 aliphatic rings. The van der Waals surface area contributed by atoms with Crippen LogP contribution in [-0.4, -0.2) is 10.9 Å². The highest BCUT2D eigenvalue weighted by Gasteiger charge is 2.21. The van der Waals surface area contributed by atoms with Crippen molar-refractivity contribution < 1.29 is 9.18 Å². The zero-order chi connectivity index (χ0) is 14.8. The van der Waals surface area contributed by atoms with Gasteiger partial charge in [0.1, 0.15) is 11.5 Å². The molecule has 22 heavy (non-hydrogen) atoms. The van der Waals surface area contributed by atoms with E-state index in [1.165, 1.54) is 18.6 Å². The lowest BCUT2D eigenvalue weighted by molar-refractivity contribution is 0.0948. The molecular weight excluding hydrogens is 305 g/mol. The Balaban J connectivity index is 0.00000176. The molecule has 0 atom stereocenters. The fourth-order valence-electron chi connectivity index (χ4n) is 3.12. The zero-order valence-corrected chi connectivity index (χ0v) is 13.0. The number of nitrogens with zero attached hydrogens (tertiary/aromatic N) is 1. The van der Waals surface area contributed by atoms with Gasteiger partial charge in [-0.2, -0.15) is 0 Å². The highest BCUT2D eigenvalue weighted by atomic mass is 35.5. The minimum absolute atomic E-state index is 0. The maximum absolute atomic E-state index is 13.6. The maximum Gasteiger partial charge on any atom is 0.283 e. The van der Waals surface area contributed by atoms with Crippen LogP contribution in [0.3, 0.4) is 0 Å². The number of benzene rings is 1. The molecule has 1 saturated carbocycles. The van der Waals surface area contributed by atoms with Crippen LogP contribution in [-0.2, 0) is 0 Å². The lowest BCUT2D eigenvalue weighted by atomic mass is 9.85. The SMILES string of the molecule is Cl.NNC(=O)c1cc2ccc(F)cc2c(C2CCCCC2)n1. The lowest BCUT2D eigenvalue weighted by Gasteiger charge is -2.23. The number of carbonyl (C=O) groups is 1. The van der Waals surface area contributed by atoms with Crippen molar-refractivity contribution in [3.8, 4) is 0 Å². The molecule has 0 bridgehead atoms. The van der Waals surface area contributed by atoms with Crippen LogP contribution in [0.25, 0.3) is 10.8 Å². The van der Waals surface area contributed by atoms with E-state index in [9.17, 15) is 9.18 Å². The van der Waals surface area contributed by atoms with Crippen molar-refractivity contribution in [2.45, 2.75) is 38.0 Å². The summed E-state index contributed by atoms with van der Waals surface area (Å²) in [5, 5.41) is 1.63. The Morgan fingerprint density at radius 3 is 2.64 bits per heavy atom. The number of hydrazine groups is 1. The standard InChI is InChI=1S/C16H18FN3O.ClH/c17-12-7-6-11-8-14(16(21)20-18)19-15(13(11)9-12)10-4-2-1-3-5-10;/h6-10H,1-5,18H2,(H,20,21);1H. The number of nitrogens with two attached hydrogens (primary N) is 1. The molecule has 1 heterocycles. The number of hydrogen-bond donors (Lipinski definition) is 2. The van der Waals surface area contributed by atoms with Crippen LogP contribution in [0.4, 0.5) is 4.39 Å². The maximum atomic E-state index is 13.6. The number of hydrogen-bond acceptors (Lipinski definition) is 3. The number of nitrogen functional groups attached to an aromatic ring is 1.